The van der Waals surface area contributed by atoms with Crippen LogP contribution in [0.1, 0.15) is 28.1 Å². The Labute approximate surface area is 119 Å². The van der Waals surface area contributed by atoms with Crippen molar-refractivity contribution < 1.29 is 8.42 Å². The van der Waals surface area contributed by atoms with Crippen LogP contribution in [0.2, 0.25) is 0 Å². The maximum atomic E-state index is 12.3. The van der Waals surface area contributed by atoms with E-state index in [0.29, 0.717) is 4.90 Å². The van der Waals surface area contributed by atoms with Gasteiger partial charge in [0.1, 0.15) is 0 Å². The van der Waals surface area contributed by atoms with E-state index < -0.39 is 10.0 Å². The first-order chi connectivity index (χ1) is 9.31. The Balaban J connectivity index is 2.21. The fraction of sp³-hybridized carbons (Fsp3) is 0.357. The molecule has 2 rings (SSSR count). The van der Waals surface area contributed by atoms with Crippen LogP contribution in [-0.4, -0.2) is 18.6 Å². The summed E-state index contributed by atoms with van der Waals surface area (Å²) in [6.07, 6.45) is 0. The number of aromatic nitrogens is 2. The van der Waals surface area contributed by atoms with E-state index in [4.69, 9.17) is 0 Å². The second-order valence-electron chi connectivity index (χ2n) is 4.98. The van der Waals surface area contributed by atoms with Crippen molar-refractivity contribution in [2.75, 3.05) is 0 Å². The number of aromatic amines is 1. The Bertz CT molecular complexity index is 713. The quantitative estimate of drug-likeness (QED) is 0.906. The van der Waals surface area contributed by atoms with Gasteiger partial charge in [-0.3, -0.25) is 5.10 Å². The van der Waals surface area contributed by atoms with E-state index in [1.54, 1.807) is 12.1 Å². The molecule has 0 aliphatic heterocycles. The standard InChI is InChI=1S/C14H19N3O2S/c1-9-5-6-13(7-10(9)2)20(18,19)15-8-14-11(3)16-17-12(14)4/h5-7,15H,8H2,1-4H3,(H,16,17). The molecule has 0 atom stereocenters. The lowest BCUT2D eigenvalue weighted by atomic mass is 10.1. The zero-order valence-electron chi connectivity index (χ0n) is 12.1. The summed E-state index contributed by atoms with van der Waals surface area (Å²) in [7, 11) is -3.50. The molecule has 1 aromatic heterocycles. The molecule has 0 spiro atoms. The number of nitrogens with zero attached hydrogens (tertiary/aromatic N) is 1. The first kappa shape index (κ1) is 14.7. The van der Waals surface area contributed by atoms with Crippen molar-refractivity contribution in [3.8, 4) is 0 Å². The molecule has 0 radical (unpaired) electrons. The molecule has 0 amide bonds. The van der Waals surface area contributed by atoms with Crippen LogP contribution in [0.15, 0.2) is 23.1 Å². The van der Waals surface area contributed by atoms with Gasteiger partial charge in [0.2, 0.25) is 10.0 Å². The summed E-state index contributed by atoms with van der Waals surface area (Å²) in [6, 6.07) is 5.13. The molecule has 108 valence electrons. The van der Waals surface area contributed by atoms with E-state index in [1.807, 2.05) is 33.8 Å². The zero-order chi connectivity index (χ0) is 14.9. The van der Waals surface area contributed by atoms with Crippen LogP contribution in [0.25, 0.3) is 0 Å². The van der Waals surface area contributed by atoms with Crippen LogP contribution in [0.3, 0.4) is 0 Å². The summed E-state index contributed by atoms with van der Waals surface area (Å²) in [5.41, 5.74) is 4.61. The van der Waals surface area contributed by atoms with Gasteiger partial charge in [-0.2, -0.15) is 5.10 Å². The average molecular weight is 293 g/mol. The molecule has 1 aromatic carbocycles. The minimum atomic E-state index is -3.50. The predicted octanol–water partition coefficient (Wildman–Crippen LogP) is 2.12. The molecule has 2 N–H and O–H groups in total. The van der Waals surface area contributed by atoms with Gasteiger partial charge in [0.05, 0.1) is 10.6 Å². The molecule has 5 nitrogen and oxygen atoms in total. The minimum Gasteiger partial charge on any atom is -0.282 e. The Morgan fingerprint density at radius 3 is 2.40 bits per heavy atom. The molecule has 0 fully saturated rings. The third kappa shape index (κ3) is 2.91. The first-order valence-corrected chi connectivity index (χ1v) is 7.87. The third-order valence-electron chi connectivity index (χ3n) is 3.51. The lowest BCUT2D eigenvalue weighted by molar-refractivity contribution is 0.581. The molecule has 20 heavy (non-hydrogen) atoms. The van der Waals surface area contributed by atoms with Crippen molar-refractivity contribution >= 4 is 10.0 Å². The van der Waals surface area contributed by atoms with Gasteiger partial charge < -0.3 is 0 Å². The maximum absolute atomic E-state index is 12.3. The van der Waals surface area contributed by atoms with E-state index >= 15 is 0 Å². The van der Waals surface area contributed by atoms with E-state index in [9.17, 15) is 8.42 Å². The molecular formula is C14H19N3O2S. The van der Waals surface area contributed by atoms with Crippen LogP contribution in [0.5, 0.6) is 0 Å². The summed E-state index contributed by atoms with van der Waals surface area (Å²) in [5.74, 6) is 0. The minimum absolute atomic E-state index is 0.240. The number of nitrogens with one attached hydrogen (secondary N) is 2. The van der Waals surface area contributed by atoms with Gasteiger partial charge in [-0.05, 0) is 51.0 Å². The summed E-state index contributed by atoms with van der Waals surface area (Å²) in [6.45, 7) is 7.82. The summed E-state index contributed by atoms with van der Waals surface area (Å²) < 4.78 is 27.2. The van der Waals surface area contributed by atoms with Crippen LogP contribution in [-0.2, 0) is 16.6 Å². The number of sulfonamides is 1. The fourth-order valence-electron chi connectivity index (χ4n) is 1.97. The Morgan fingerprint density at radius 1 is 1.15 bits per heavy atom. The highest BCUT2D eigenvalue weighted by atomic mass is 32.2. The number of aryl methyl sites for hydroxylation is 4. The normalized spacial score (nSPS) is 11.8. The summed E-state index contributed by atoms with van der Waals surface area (Å²) >= 11 is 0. The van der Waals surface area contributed by atoms with E-state index in [1.165, 1.54) is 0 Å². The summed E-state index contributed by atoms with van der Waals surface area (Å²) in [4.78, 5) is 0.291. The maximum Gasteiger partial charge on any atom is 0.240 e. The Kier molecular flexibility index (Phi) is 3.96. The zero-order valence-corrected chi connectivity index (χ0v) is 12.9. The van der Waals surface area contributed by atoms with Gasteiger partial charge in [0.25, 0.3) is 0 Å². The SMILES string of the molecule is Cc1ccc(S(=O)(=O)NCc2c(C)n[nH]c2C)cc1C. The second kappa shape index (κ2) is 5.38. The number of hydrogen-bond acceptors (Lipinski definition) is 3. The van der Waals surface area contributed by atoms with Gasteiger partial charge in [0.15, 0.2) is 0 Å². The van der Waals surface area contributed by atoms with Crippen LogP contribution < -0.4 is 4.72 Å². The second-order valence-corrected chi connectivity index (χ2v) is 6.75. The van der Waals surface area contributed by atoms with Crippen molar-refractivity contribution in [3.05, 3.63) is 46.3 Å². The molecular weight excluding hydrogens is 274 g/mol. The molecule has 0 aliphatic rings. The third-order valence-corrected chi connectivity index (χ3v) is 4.91. The Morgan fingerprint density at radius 2 is 1.85 bits per heavy atom. The highest BCUT2D eigenvalue weighted by Gasteiger charge is 2.16. The van der Waals surface area contributed by atoms with Gasteiger partial charge in [-0.15, -0.1) is 0 Å². The van der Waals surface area contributed by atoms with Crippen LogP contribution in [0, 0.1) is 27.7 Å². The van der Waals surface area contributed by atoms with Crippen molar-refractivity contribution in [1.82, 2.24) is 14.9 Å². The molecule has 0 aliphatic carbocycles. The van der Waals surface area contributed by atoms with Gasteiger partial charge in [-0.25, -0.2) is 13.1 Å². The Hall–Kier alpha value is -1.66. The van der Waals surface area contributed by atoms with Crippen molar-refractivity contribution in [2.45, 2.75) is 39.1 Å². The number of hydrogen-bond donors (Lipinski definition) is 2. The average Bonchev–Trinajstić information content (AvgIpc) is 2.70. The molecule has 0 bridgehead atoms. The lowest BCUT2D eigenvalue weighted by Gasteiger charge is -2.09. The van der Waals surface area contributed by atoms with Gasteiger partial charge in [0, 0.05) is 17.8 Å². The first-order valence-electron chi connectivity index (χ1n) is 6.38. The molecule has 6 heteroatoms. The number of benzene rings is 1. The van der Waals surface area contributed by atoms with Crippen molar-refractivity contribution in [1.29, 1.82) is 0 Å². The highest BCUT2D eigenvalue weighted by Crippen LogP contribution is 2.16. The largest absolute Gasteiger partial charge is 0.282 e. The van der Waals surface area contributed by atoms with Gasteiger partial charge >= 0.3 is 0 Å². The smallest absolute Gasteiger partial charge is 0.240 e. The molecule has 0 saturated heterocycles. The topological polar surface area (TPSA) is 74.8 Å². The highest BCUT2D eigenvalue weighted by molar-refractivity contribution is 7.89. The van der Waals surface area contributed by atoms with Crippen LogP contribution >= 0.6 is 0 Å². The van der Waals surface area contributed by atoms with Gasteiger partial charge in [-0.1, -0.05) is 6.07 Å². The predicted molar refractivity (Wildman–Crippen MR) is 78.0 cm³/mol. The number of rotatable bonds is 4. The monoisotopic (exact) mass is 293 g/mol. The molecule has 2 aromatic rings. The molecule has 0 unspecified atom stereocenters. The van der Waals surface area contributed by atoms with Crippen LogP contribution in [0.4, 0.5) is 0 Å². The van der Waals surface area contributed by atoms with Crippen molar-refractivity contribution in [3.63, 3.8) is 0 Å². The van der Waals surface area contributed by atoms with E-state index in [2.05, 4.69) is 14.9 Å². The number of H-pyrrole nitrogens is 1. The van der Waals surface area contributed by atoms with Crippen molar-refractivity contribution in [2.24, 2.45) is 0 Å². The summed E-state index contributed by atoms with van der Waals surface area (Å²) in [5, 5.41) is 6.90. The fourth-order valence-corrected chi connectivity index (χ4v) is 3.05. The molecule has 1 heterocycles. The lowest BCUT2D eigenvalue weighted by Crippen LogP contribution is -2.23. The molecule has 0 saturated carbocycles. The van der Waals surface area contributed by atoms with E-state index in [0.717, 1.165) is 28.1 Å². The van der Waals surface area contributed by atoms with E-state index in [-0.39, 0.29) is 6.54 Å².